The Balaban J connectivity index is 1.77. The standard InChI is InChI=1S/C36H58N4O2/c1-5-9-25-39(26-10-6-2)29-13-23-37-35(41)33-19-15-31(16-20-33)32-17-21-34(22-18-32)36(42)38-24-14-30-40(27-11-7-3)28-12-8-4/h15-22H,5-14,23-30H2,1-4H3,(H,37,41)(H,38,42). The SMILES string of the molecule is CCCCN(CCCC)CCCNC(=O)c1ccc(-c2ccc(C(=O)NCCCN(CCCC)CCCC)cc2)cc1. The van der Waals surface area contributed by atoms with Gasteiger partial charge in [-0.25, -0.2) is 0 Å². The fourth-order valence-corrected chi connectivity index (χ4v) is 5.04. The number of carbonyl (C=O) groups excluding carboxylic acids is 2. The van der Waals surface area contributed by atoms with Gasteiger partial charge in [-0.2, -0.15) is 0 Å². The van der Waals surface area contributed by atoms with Gasteiger partial charge in [0, 0.05) is 24.2 Å². The predicted molar refractivity (Wildman–Crippen MR) is 178 cm³/mol. The Morgan fingerprint density at radius 1 is 0.476 bits per heavy atom. The molecule has 0 heterocycles. The smallest absolute Gasteiger partial charge is 0.251 e. The molecule has 0 spiro atoms. The molecule has 42 heavy (non-hydrogen) atoms. The summed E-state index contributed by atoms with van der Waals surface area (Å²) in [4.78, 5) is 30.4. The molecule has 0 aromatic heterocycles. The molecule has 0 radical (unpaired) electrons. The van der Waals surface area contributed by atoms with E-state index in [1.807, 2.05) is 48.5 Å². The van der Waals surface area contributed by atoms with Crippen LogP contribution in [0.15, 0.2) is 48.5 Å². The van der Waals surface area contributed by atoms with Crippen molar-refractivity contribution >= 4 is 11.8 Å². The van der Waals surface area contributed by atoms with Crippen LogP contribution in [-0.2, 0) is 0 Å². The average Bonchev–Trinajstić information content (AvgIpc) is 3.03. The first-order chi connectivity index (χ1) is 20.5. The zero-order valence-corrected chi connectivity index (χ0v) is 27.1. The molecule has 0 fully saturated rings. The zero-order valence-electron chi connectivity index (χ0n) is 27.1. The summed E-state index contributed by atoms with van der Waals surface area (Å²) >= 11 is 0. The molecule has 0 saturated heterocycles. The summed E-state index contributed by atoms with van der Waals surface area (Å²) in [7, 11) is 0. The van der Waals surface area contributed by atoms with Crippen molar-refractivity contribution in [2.75, 3.05) is 52.4 Å². The van der Waals surface area contributed by atoms with Crippen molar-refractivity contribution in [1.29, 1.82) is 0 Å². The molecule has 2 amide bonds. The number of carbonyl (C=O) groups is 2. The van der Waals surface area contributed by atoms with E-state index in [1.54, 1.807) is 0 Å². The topological polar surface area (TPSA) is 64.7 Å². The van der Waals surface area contributed by atoms with Gasteiger partial charge in [0.1, 0.15) is 0 Å². The van der Waals surface area contributed by atoms with Gasteiger partial charge in [0.15, 0.2) is 0 Å². The minimum absolute atomic E-state index is 0.0268. The fraction of sp³-hybridized carbons (Fsp3) is 0.611. The first-order valence-corrected chi connectivity index (χ1v) is 16.7. The van der Waals surface area contributed by atoms with Gasteiger partial charge in [-0.1, -0.05) is 77.6 Å². The van der Waals surface area contributed by atoms with Crippen molar-refractivity contribution in [2.45, 2.75) is 91.9 Å². The number of unbranched alkanes of at least 4 members (excludes halogenated alkanes) is 4. The number of benzene rings is 2. The normalized spacial score (nSPS) is 11.3. The Hall–Kier alpha value is -2.70. The molecule has 6 heteroatoms. The van der Waals surface area contributed by atoms with Gasteiger partial charge < -0.3 is 20.4 Å². The Morgan fingerprint density at radius 3 is 1.05 bits per heavy atom. The maximum Gasteiger partial charge on any atom is 0.251 e. The Labute approximate surface area is 256 Å². The zero-order chi connectivity index (χ0) is 30.4. The van der Waals surface area contributed by atoms with E-state index in [0.29, 0.717) is 24.2 Å². The second-order valence-electron chi connectivity index (χ2n) is 11.5. The maximum atomic E-state index is 12.7. The van der Waals surface area contributed by atoms with E-state index in [1.165, 1.54) is 51.4 Å². The first kappa shape index (κ1) is 35.5. The summed E-state index contributed by atoms with van der Waals surface area (Å²) in [5.74, 6) is -0.0535. The highest BCUT2D eigenvalue weighted by Gasteiger charge is 2.10. The molecule has 0 saturated carbocycles. The van der Waals surface area contributed by atoms with Crippen molar-refractivity contribution < 1.29 is 9.59 Å². The van der Waals surface area contributed by atoms with E-state index in [4.69, 9.17) is 0 Å². The second-order valence-corrected chi connectivity index (χ2v) is 11.5. The summed E-state index contributed by atoms with van der Waals surface area (Å²) < 4.78 is 0. The van der Waals surface area contributed by atoms with Crippen LogP contribution in [0.1, 0.15) is 113 Å². The summed E-state index contributed by atoms with van der Waals surface area (Å²) in [5, 5.41) is 6.16. The Kier molecular flexibility index (Phi) is 18.5. The van der Waals surface area contributed by atoms with Crippen molar-refractivity contribution in [3.05, 3.63) is 59.7 Å². The number of nitrogens with zero attached hydrogens (tertiary/aromatic N) is 2. The first-order valence-electron chi connectivity index (χ1n) is 16.7. The minimum Gasteiger partial charge on any atom is -0.352 e. The molecule has 2 aromatic rings. The van der Waals surface area contributed by atoms with Crippen LogP contribution in [0, 0.1) is 0 Å². The molecule has 0 aliphatic rings. The van der Waals surface area contributed by atoms with Crippen LogP contribution < -0.4 is 10.6 Å². The third-order valence-electron chi connectivity index (χ3n) is 7.81. The summed E-state index contributed by atoms with van der Waals surface area (Å²) in [6, 6.07) is 15.4. The molecule has 0 unspecified atom stereocenters. The van der Waals surface area contributed by atoms with Gasteiger partial charge in [0.05, 0.1) is 0 Å². The van der Waals surface area contributed by atoms with Gasteiger partial charge in [-0.3, -0.25) is 9.59 Å². The summed E-state index contributed by atoms with van der Waals surface area (Å²) in [6.45, 7) is 17.0. The van der Waals surface area contributed by atoms with Crippen LogP contribution in [-0.4, -0.2) is 74.0 Å². The molecular formula is C36H58N4O2. The number of hydrogen-bond donors (Lipinski definition) is 2. The van der Waals surface area contributed by atoms with Gasteiger partial charge in [-0.05, 0) is 113 Å². The lowest BCUT2D eigenvalue weighted by molar-refractivity contribution is 0.0943. The molecular weight excluding hydrogens is 520 g/mol. The maximum absolute atomic E-state index is 12.7. The van der Waals surface area contributed by atoms with E-state index in [-0.39, 0.29) is 11.8 Å². The number of hydrogen-bond acceptors (Lipinski definition) is 4. The summed E-state index contributed by atoms with van der Waals surface area (Å²) in [5.41, 5.74) is 3.40. The van der Waals surface area contributed by atoms with Crippen LogP contribution in [0.5, 0.6) is 0 Å². The number of amides is 2. The highest BCUT2D eigenvalue weighted by Crippen LogP contribution is 2.20. The molecule has 2 aromatic carbocycles. The van der Waals surface area contributed by atoms with Crippen LogP contribution in [0.25, 0.3) is 11.1 Å². The van der Waals surface area contributed by atoms with Gasteiger partial charge in [0.2, 0.25) is 0 Å². The van der Waals surface area contributed by atoms with Crippen molar-refractivity contribution in [2.24, 2.45) is 0 Å². The number of nitrogens with one attached hydrogen (secondary N) is 2. The second kappa shape index (κ2) is 21.9. The molecule has 0 atom stereocenters. The van der Waals surface area contributed by atoms with Crippen LogP contribution >= 0.6 is 0 Å². The monoisotopic (exact) mass is 578 g/mol. The molecule has 0 aliphatic carbocycles. The average molecular weight is 579 g/mol. The lowest BCUT2D eigenvalue weighted by Crippen LogP contribution is -2.31. The lowest BCUT2D eigenvalue weighted by atomic mass is 10.0. The van der Waals surface area contributed by atoms with Crippen molar-refractivity contribution in [1.82, 2.24) is 20.4 Å². The third kappa shape index (κ3) is 14.0. The fourth-order valence-electron chi connectivity index (χ4n) is 5.04. The van der Waals surface area contributed by atoms with E-state index >= 15 is 0 Å². The Morgan fingerprint density at radius 2 is 0.762 bits per heavy atom. The minimum atomic E-state index is -0.0268. The third-order valence-corrected chi connectivity index (χ3v) is 7.81. The van der Waals surface area contributed by atoms with Gasteiger partial charge >= 0.3 is 0 Å². The molecule has 6 nitrogen and oxygen atoms in total. The lowest BCUT2D eigenvalue weighted by Gasteiger charge is -2.21. The Bertz CT molecular complexity index is 893. The highest BCUT2D eigenvalue weighted by molar-refractivity contribution is 5.95. The van der Waals surface area contributed by atoms with Crippen LogP contribution in [0.4, 0.5) is 0 Å². The van der Waals surface area contributed by atoms with Crippen molar-refractivity contribution in [3.8, 4) is 11.1 Å². The van der Waals surface area contributed by atoms with Gasteiger partial charge in [-0.15, -0.1) is 0 Å². The molecule has 2 rings (SSSR count). The van der Waals surface area contributed by atoms with E-state index in [2.05, 4.69) is 48.1 Å². The quantitative estimate of drug-likeness (QED) is 0.135. The van der Waals surface area contributed by atoms with Gasteiger partial charge in [0.25, 0.3) is 11.8 Å². The molecule has 234 valence electrons. The predicted octanol–water partition coefficient (Wildman–Crippen LogP) is 7.40. The molecule has 0 bridgehead atoms. The van der Waals surface area contributed by atoms with Crippen LogP contribution in [0.3, 0.4) is 0 Å². The summed E-state index contributed by atoms with van der Waals surface area (Å²) in [6.07, 6.45) is 11.7. The van der Waals surface area contributed by atoms with Crippen molar-refractivity contribution in [3.63, 3.8) is 0 Å². The highest BCUT2D eigenvalue weighted by atomic mass is 16.2. The van der Waals surface area contributed by atoms with Crippen LogP contribution in [0.2, 0.25) is 0 Å². The molecule has 0 aliphatic heterocycles. The van der Waals surface area contributed by atoms with E-state index < -0.39 is 0 Å². The van der Waals surface area contributed by atoms with E-state index in [9.17, 15) is 9.59 Å². The largest absolute Gasteiger partial charge is 0.352 e. The van der Waals surface area contributed by atoms with E-state index in [0.717, 1.165) is 63.2 Å². The number of rotatable bonds is 23. The molecule has 2 N–H and O–H groups in total.